The van der Waals surface area contributed by atoms with E-state index in [4.69, 9.17) is 37.8 Å². The average Bonchev–Trinajstić information content (AvgIpc) is 2.81. The molecule has 0 amide bonds. The van der Waals surface area contributed by atoms with E-state index in [0.29, 0.717) is 11.5 Å². The molecule has 0 radical (unpaired) electrons. The van der Waals surface area contributed by atoms with Gasteiger partial charge in [-0.15, -0.1) is 0 Å². The van der Waals surface area contributed by atoms with E-state index in [0.717, 1.165) is 30.3 Å². The molecule has 168 valence electrons. The van der Waals surface area contributed by atoms with Crippen LogP contribution in [0.5, 0.6) is 23.0 Å². The number of carboxylic acids is 1. The Balaban J connectivity index is 2.59. The molecule has 0 aliphatic heterocycles. The highest BCUT2D eigenvalue weighted by Crippen LogP contribution is 2.35. The minimum Gasteiger partial charge on any atom is -0.496 e. The highest BCUT2D eigenvalue weighted by molar-refractivity contribution is 7.93. The number of rotatable bonds is 11. The zero-order chi connectivity index (χ0) is 31.6. The van der Waals surface area contributed by atoms with Crippen molar-refractivity contribution in [2.24, 2.45) is 0 Å². The maximum atomic E-state index is 13.1. The number of nitrogens with one attached hydrogen (secondary N) is 1. The number of sulfone groups is 1. The minimum absolute atomic E-state index is 0.0225. The molecule has 0 fully saturated rings. The van der Waals surface area contributed by atoms with Crippen molar-refractivity contribution in [3.05, 3.63) is 46.9 Å². The first-order chi connectivity index (χ1) is 18.5. The average molecular weight is 462 g/mol. The summed E-state index contributed by atoms with van der Waals surface area (Å²) in [7, 11) is -8.37. The summed E-state index contributed by atoms with van der Waals surface area (Å²) in [6.07, 6.45) is 0.929. The van der Waals surface area contributed by atoms with Crippen molar-refractivity contribution >= 4 is 27.6 Å². The first-order valence-corrected chi connectivity index (χ1v) is 9.80. The Morgan fingerprint density at radius 1 is 1.10 bits per heavy atom. The number of anilines is 1. The largest absolute Gasteiger partial charge is 0.496 e. The Hall–Kier alpha value is -3.40. The van der Waals surface area contributed by atoms with Gasteiger partial charge >= 0.3 is 5.97 Å². The first-order valence-electron chi connectivity index (χ1n) is 13.3. The highest BCUT2D eigenvalue weighted by atomic mass is 32.2. The lowest BCUT2D eigenvalue weighted by atomic mass is 10.1. The summed E-state index contributed by atoms with van der Waals surface area (Å²) in [5.74, 6) is -2.95. The van der Waals surface area contributed by atoms with Crippen LogP contribution in [-0.4, -0.2) is 54.3 Å². The number of hydrogen-bond acceptors (Lipinski definition) is 8. The Bertz CT molecular complexity index is 1400. The topological polar surface area (TPSA) is 120 Å². The summed E-state index contributed by atoms with van der Waals surface area (Å²) in [4.78, 5) is 11.3. The second-order valence-corrected chi connectivity index (χ2v) is 7.23. The monoisotopic (exact) mass is 461 g/mol. The van der Waals surface area contributed by atoms with Crippen LogP contribution in [0.3, 0.4) is 0 Å². The number of benzene rings is 2. The Kier molecular flexibility index (Phi) is 4.47. The van der Waals surface area contributed by atoms with Crippen molar-refractivity contribution in [1.29, 1.82) is 0 Å². The molecule has 2 N–H and O–H groups in total. The summed E-state index contributed by atoms with van der Waals surface area (Å²) in [5, 5.41) is 11.5. The molecule has 0 heterocycles. The number of carboxylic acid groups (broad SMARTS) is 1. The minimum atomic E-state index is -4.89. The summed E-state index contributed by atoms with van der Waals surface area (Å²) >= 11 is 0. The quantitative estimate of drug-likeness (QED) is 0.520. The molecule has 0 unspecified atom stereocenters. The van der Waals surface area contributed by atoms with Crippen LogP contribution in [0, 0.1) is 0 Å². The van der Waals surface area contributed by atoms with Gasteiger partial charge in [0.1, 0.15) is 29.5 Å². The lowest BCUT2D eigenvalue weighted by Crippen LogP contribution is -2.13. The molecule has 0 atom stereocenters. The zero-order valence-corrected chi connectivity index (χ0v) is 17.1. The van der Waals surface area contributed by atoms with Gasteiger partial charge in [0, 0.05) is 20.3 Å². The van der Waals surface area contributed by atoms with Gasteiger partial charge in [0.2, 0.25) is 0 Å². The van der Waals surface area contributed by atoms with Gasteiger partial charge < -0.3 is 29.4 Å². The van der Waals surface area contributed by atoms with Crippen LogP contribution >= 0.6 is 0 Å². The Morgan fingerprint density at radius 2 is 1.77 bits per heavy atom. The Morgan fingerprint density at radius 3 is 2.35 bits per heavy atom. The van der Waals surface area contributed by atoms with Crippen molar-refractivity contribution < 1.29 is 51.0 Å². The van der Waals surface area contributed by atoms with Crippen molar-refractivity contribution in [2.45, 2.75) is 5.70 Å². The normalized spacial score (nSPS) is 17.7. The van der Waals surface area contributed by atoms with Crippen molar-refractivity contribution in [1.82, 2.24) is 0 Å². The molecular formula is C21H25NO8S. The van der Waals surface area contributed by atoms with Crippen LogP contribution in [0.1, 0.15) is 24.8 Å². The molecule has 0 aromatic heterocycles. The third-order valence-corrected chi connectivity index (χ3v) is 4.72. The highest BCUT2D eigenvalue weighted by Gasteiger charge is 2.15. The predicted octanol–water partition coefficient (Wildman–Crippen LogP) is 2.80. The van der Waals surface area contributed by atoms with Crippen molar-refractivity contribution in [3.63, 3.8) is 0 Å². The second-order valence-electron chi connectivity index (χ2n) is 5.66. The van der Waals surface area contributed by atoms with Crippen molar-refractivity contribution in [3.8, 4) is 23.0 Å². The van der Waals surface area contributed by atoms with Gasteiger partial charge in [0.25, 0.3) is 0 Å². The van der Waals surface area contributed by atoms with Gasteiger partial charge in [-0.05, 0) is 23.8 Å². The van der Waals surface area contributed by atoms with Gasteiger partial charge in [-0.3, -0.25) is 4.79 Å². The zero-order valence-electron chi connectivity index (χ0n) is 26.3. The molecule has 0 saturated heterocycles. The summed E-state index contributed by atoms with van der Waals surface area (Å²) in [6.45, 7) is -3.18. The van der Waals surface area contributed by atoms with Gasteiger partial charge in [-0.2, -0.15) is 0 Å². The first kappa shape index (κ1) is 13.1. The molecular weight excluding hydrogens is 426 g/mol. The number of aliphatic carboxylic acids is 1. The van der Waals surface area contributed by atoms with Crippen LogP contribution in [0.25, 0.3) is 6.08 Å². The fourth-order valence-electron chi connectivity index (χ4n) is 2.39. The van der Waals surface area contributed by atoms with Crippen LogP contribution in [0.2, 0.25) is 0 Å². The maximum Gasteiger partial charge on any atom is 0.322 e. The van der Waals surface area contributed by atoms with Gasteiger partial charge in [-0.25, -0.2) is 8.42 Å². The standard InChI is InChI=1S/C21H25NO8S/c1-27-15-10-19(29-3)16(20(11-15)30-4)7-8-31(25,26)13-14-5-6-18(28-2)17(9-14)22-12-21(23)24/h5-11,22H,12-13H2,1-4H3,(H,23,24)/b8-7+/i1D3,2D3,12D2,13D2. The fourth-order valence-corrected chi connectivity index (χ4v) is 3.23. The third kappa shape index (κ3) is 6.54. The van der Waals surface area contributed by atoms with E-state index < -0.39 is 59.1 Å². The van der Waals surface area contributed by atoms with E-state index in [1.807, 2.05) is 5.32 Å². The van der Waals surface area contributed by atoms with Gasteiger partial charge in [0.05, 0.1) is 56.2 Å². The Labute approximate surface area is 195 Å². The van der Waals surface area contributed by atoms with E-state index in [1.54, 1.807) is 0 Å². The summed E-state index contributed by atoms with van der Waals surface area (Å²) in [6, 6.07) is 4.71. The number of carbonyl (C=O) groups is 1. The van der Waals surface area contributed by atoms with Crippen LogP contribution in [-0.2, 0) is 20.3 Å². The van der Waals surface area contributed by atoms with Crippen molar-refractivity contribution in [2.75, 3.05) is 40.1 Å². The lowest BCUT2D eigenvalue weighted by molar-refractivity contribution is -0.134. The number of ether oxygens (including phenoxy) is 4. The molecule has 0 aliphatic rings. The molecule has 31 heavy (non-hydrogen) atoms. The van der Waals surface area contributed by atoms with Gasteiger partial charge in [0.15, 0.2) is 9.84 Å². The van der Waals surface area contributed by atoms with E-state index in [1.165, 1.54) is 14.2 Å². The van der Waals surface area contributed by atoms with Gasteiger partial charge in [-0.1, -0.05) is 6.07 Å². The smallest absolute Gasteiger partial charge is 0.322 e. The molecule has 0 bridgehead atoms. The van der Waals surface area contributed by atoms with E-state index >= 15 is 0 Å². The SMILES string of the molecule is [2H]C([2H])([2H])Oc1cc(OC)c(/C=C/S(=O)(=O)C([2H])([2H])c2ccc(OC([2H])([2H])[2H])c(NC([2H])([2H])C(=O)O)c2)c(OC)c1. The summed E-state index contributed by atoms with van der Waals surface area (Å²) in [5.41, 5.74) is -4.55. The molecule has 9 nitrogen and oxygen atoms in total. The number of methoxy groups -OCH3 is 4. The molecule has 2 aromatic rings. The van der Waals surface area contributed by atoms with E-state index in [9.17, 15) is 13.2 Å². The predicted molar refractivity (Wildman–Crippen MR) is 117 cm³/mol. The maximum absolute atomic E-state index is 13.1. The molecule has 2 aromatic carbocycles. The second kappa shape index (κ2) is 10.6. The molecule has 0 spiro atoms. The summed E-state index contributed by atoms with van der Waals surface area (Å²) < 4.78 is 121. The molecule has 2 rings (SSSR count). The van der Waals surface area contributed by atoms with Crippen LogP contribution in [0.4, 0.5) is 5.69 Å². The molecule has 0 aliphatic carbocycles. The third-order valence-electron chi connectivity index (χ3n) is 3.70. The number of hydrogen-bond donors (Lipinski definition) is 2. The lowest BCUT2D eigenvalue weighted by Gasteiger charge is -2.13. The molecule has 10 heteroatoms. The van der Waals surface area contributed by atoms with E-state index in [-0.39, 0.29) is 22.8 Å². The molecule has 0 saturated carbocycles. The van der Waals surface area contributed by atoms with E-state index in [2.05, 4.69) is 0 Å². The van der Waals surface area contributed by atoms with Crippen LogP contribution in [0.15, 0.2) is 35.7 Å². The fraction of sp³-hybridized carbons (Fsp3) is 0.286. The van der Waals surface area contributed by atoms with Crippen LogP contribution < -0.4 is 24.3 Å².